The summed E-state index contributed by atoms with van der Waals surface area (Å²) in [6, 6.07) is 12.3. The van der Waals surface area contributed by atoms with Gasteiger partial charge in [-0.25, -0.2) is 0 Å². The molecule has 0 unspecified atom stereocenters. The number of nitriles is 1. The Labute approximate surface area is 226 Å². The molecule has 0 radical (unpaired) electrons. The lowest BCUT2D eigenvalue weighted by molar-refractivity contribution is -0.150. The highest BCUT2D eigenvalue weighted by Crippen LogP contribution is 2.42. The van der Waals surface area contributed by atoms with Crippen LogP contribution in [0.5, 0.6) is 5.75 Å². The molecule has 36 heavy (non-hydrogen) atoms. The number of methoxy groups -OCH3 is 1. The summed E-state index contributed by atoms with van der Waals surface area (Å²) >= 11 is 10.8. The van der Waals surface area contributed by atoms with Crippen LogP contribution in [0.25, 0.3) is 0 Å². The summed E-state index contributed by atoms with van der Waals surface area (Å²) in [5, 5.41) is 15.9. The monoisotopic (exact) mass is 591 g/mol. The number of amides is 2. The third kappa shape index (κ3) is 6.22. The SMILES string of the molecule is CCOc1ccc([C@@H]2C(C#N)=C(SCC(=O)Nc3ccc(Br)c(C)c3)NC(=O)[C@H]2C(=O)OC)cc1Cl. The van der Waals surface area contributed by atoms with Crippen LogP contribution in [0.2, 0.25) is 5.02 Å². The Kier molecular flexibility index (Phi) is 9.43. The summed E-state index contributed by atoms with van der Waals surface area (Å²) in [6.07, 6.45) is 0. The fourth-order valence-corrected chi connectivity index (χ4v) is 5.06. The molecule has 8 nitrogen and oxygen atoms in total. The Morgan fingerprint density at radius 3 is 2.64 bits per heavy atom. The maximum atomic E-state index is 13.0. The highest BCUT2D eigenvalue weighted by atomic mass is 79.9. The van der Waals surface area contributed by atoms with Gasteiger partial charge in [-0.15, -0.1) is 0 Å². The van der Waals surface area contributed by atoms with Crippen LogP contribution in [0, 0.1) is 24.2 Å². The van der Waals surface area contributed by atoms with Gasteiger partial charge in [-0.2, -0.15) is 5.26 Å². The zero-order valence-electron chi connectivity index (χ0n) is 19.7. The van der Waals surface area contributed by atoms with E-state index in [1.807, 2.05) is 26.0 Å². The minimum Gasteiger partial charge on any atom is -0.492 e. The second-order valence-corrected chi connectivity index (χ2v) is 9.99. The van der Waals surface area contributed by atoms with Gasteiger partial charge in [-0.1, -0.05) is 45.4 Å². The van der Waals surface area contributed by atoms with Crippen LogP contribution in [0.3, 0.4) is 0 Å². The molecule has 0 saturated carbocycles. The van der Waals surface area contributed by atoms with E-state index >= 15 is 0 Å². The number of halogens is 2. The number of esters is 1. The Bertz CT molecular complexity index is 1280. The molecule has 0 aromatic heterocycles. The first-order valence-electron chi connectivity index (χ1n) is 10.8. The summed E-state index contributed by atoms with van der Waals surface area (Å²) < 4.78 is 11.2. The van der Waals surface area contributed by atoms with Crippen molar-refractivity contribution in [1.82, 2.24) is 5.32 Å². The van der Waals surface area contributed by atoms with Crippen LogP contribution in [-0.4, -0.2) is 37.3 Å². The topological polar surface area (TPSA) is 118 Å². The molecule has 0 aliphatic carbocycles. The molecule has 1 aliphatic heterocycles. The molecule has 0 fully saturated rings. The largest absolute Gasteiger partial charge is 0.492 e. The second kappa shape index (κ2) is 12.3. The molecule has 2 amide bonds. The number of benzene rings is 2. The van der Waals surface area contributed by atoms with Gasteiger partial charge in [0.1, 0.15) is 11.7 Å². The highest BCUT2D eigenvalue weighted by Gasteiger charge is 2.44. The maximum absolute atomic E-state index is 13.0. The first kappa shape index (κ1) is 27.6. The quantitative estimate of drug-likeness (QED) is 0.330. The van der Waals surface area contributed by atoms with E-state index < -0.39 is 23.7 Å². The van der Waals surface area contributed by atoms with Crippen LogP contribution in [0.4, 0.5) is 5.69 Å². The van der Waals surface area contributed by atoms with E-state index in [1.54, 1.807) is 24.3 Å². The molecule has 1 heterocycles. The third-order valence-corrected chi connectivity index (χ3v) is 7.59. The lowest BCUT2D eigenvalue weighted by Gasteiger charge is -2.31. The average molecular weight is 593 g/mol. The lowest BCUT2D eigenvalue weighted by Crippen LogP contribution is -2.44. The molecule has 2 aromatic carbocycles. The summed E-state index contributed by atoms with van der Waals surface area (Å²) in [5.74, 6) is -3.64. The first-order chi connectivity index (χ1) is 17.2. The van der Waals surface area contributed by atoms with Crippen molar-refractivity contribution in [3.05, 3.63) is 67.6 Å². The minimum absolute atomic E-state index is 0.0739. The van der Waals surface area contributed by atoms with Crippen molar-refractivity contribution in [2.45, 2.75) is 19.8 Å². The van der Waals surface area contributed by atoms with E-state index in [9.17, 15) is 19.6 Å². The molecular weight excluding hydrogens is 570 g/mol. The Morgan fingerprint density at radius 2 is 2.03 bits per heavy atom. The van der Waals surface area contributed by atoms with E-state index in [0.717, 1.165) is 21.8 Å². The van der Waals surface area contributed by atoms with Crippen molar-refractivity contribution in [3.63, 3.8) is 0 Å². The lowest BCUT2D eigenvalue weighted by atomic mass is 9.78. The third-order valence-electron chi connectivity index (χ3n) is 5.39. The Hall–Kier alpha value is -3.00. The van der Waals surface area contributed by atoms with Gasteiger partial charge in [-0.05, 0) is 55.3 Å². The van der Waals surface area contributed by atoms with E-state index in [0.29, 0.717) is 23.6 Å². The normalized spacial score (nSPS) is 17.2. The molecular formula is C25H23BrClN3O5S. The van der Waals surface area contributed by atoms with Crippen molar-refractivity contribution in [3.8, 4) is 11.8 Å². The van der Waals surface area contributed by atoms with Crippen molar-refractivity contribution in [2.75, 3.05) is 24.8 Å². The van der Waals surface area contributed by atoms with Crippen molar-refractivity contribution >= 4 is 62.8 Å². The summed E-state index contributed by atoms with van der Waals surface area (Å²) in [6.45, 7) is 4.12. The number of nitrogens with zero attached hydrogens (tertiary/aromatic N) is 1. The summed E-state index contributed by atoms with van der Waals surface area (Å²) in [7, 11) is 1.17. The van der Waals surface area contributed by atoms with E-state index in [4.69, 9.17) is 21.1 Å². The molecule has 11 heteroatoms. The number of hydrogen-bond acceptors (Lipinski definition) is 7. The number of anilines is 1. The van der Waals surface area contributed by atoms with Gasteiger partial charge < -0.3 is 20.1 Å². The van der Waals surface area contributed by atoms with Crippen molar-refractivity contribution < 1.29 is 23.9 Å². The summed E-state index contributed by atoms with van der Waals surface area (Å²) in [5.41, 5.74) is 2.18. The van der Waals surface area contributed by atoms with Crippen LogP contribution in [0.15, 0.2) is 51.5 Å². The van der Waals surface area contributed by atoms with Gasteiger partial charge in [0, 0.05) is 16.1 Å². The molecule has 0 spiro atoms. The number of carbonyl (C=O) groups excluding carboxylic acids is 3. The molecule has 1 aliphatic rings. The number of nitrogens with one attached hydrogen (secondary N) is 2. The van der Waals surface area contributed by atoms with Gasteiger partial charge in [0.05, 0.1) is 41.2 Å². The zero-order chi connectivity index (χ0) is 26.4. The standard InChI is InChI=1S/C25H23BrClN3O5S/c1-4-35-19-8-5-14(10-18(19)27)21-16(11-28)24(30-23(32)22(21)25(33)34-3)36-12-20(31)29-15-6-7-17(26)13(2)9-15/h5-10,21-22H,4,12H2,1-3H3,(H,29,31)(H,30,32)/t21-,22+/m1/s1. The molecule has 2 N–H and O–H groups in total. The molecule has 3 rings (SSSR count). The molecule has 2 aromatic rings. The van der Waals surface area contributed by atoms with Gasteiger partial charge in [0.25, 0.3) is 0 Å². The average Bonchev–Trinajstić information content (AvgIpc) is 2.85. The fourth-order valence-electron chi connectivity index (χ4n) is 3.72. The highest BCUT2D eigenvalue weighted by molar-refractivity contribution is 9.10. The van der Waals surface area contributed by atoms with Crippen LogP contribution < -0.4 is 15.4 Å². The molecule has 2 atom stereocenters. The Morgan fingerprint density at radius 1 is 1.28 bits per heavy atom. The number of aryl methyl sites for hydroxylation is 1. The van der Waals surface area contributed by atoms with E-state index in [1.165, 1.54) is 7.11 Å². The molecule has 188 valence electrons. The fraction of sp³-hybridized carbons (Fsp3) is 0.280. The van der Waals surface area contributed by atoms with Crippen LogP contribution in [-0.2, 0) is 19.1 Å². The smallest absolute Gasteiger partial charge is 0.319 e. The van der Waals surface area contributed by atoms with Crippen LogP contribution >= 0.6 is 39.3 Å². The van der Waals surface area contributed by atoms with E-state index in [-0.39, 0.29) is 27.3 Å². The predicted molar refractivity (Wildman–Crippen MR) is 142 cm³/mol. The summed E-state index contributed by atoms with van der Waals surface area (Å²) in [4.78, 5) is 38.1. The first-order valence-corrected chi connectivity index (χ1v) is 13.0. The van der Waals surface area contributed by atoms with Gasteiger partial charge in [-0.3, -0.25) is 14.4 Å². The second-order valence-electron chi connectivity index (χ2n) is 7.75. The van der Waals surface area contributed by atoms with Crippen LogP contribution in [0.1, 0.15) is 24.0 Å². The predicted octanol–water partition coefficient (Wildman–Crippen LogP) is 4.92. The van der Waals surface area contributed by atoms with Gasteiger partial charge in [0.2, 0.25) is 11.8 Å². The minimum atomic E-state index is -1.30. The number of thioether (sulfide) groups is 1. The molecule has 0 saturated heterocycles. The zero-order valence-corrected chi connectivity index (χ0v) is 22.8. The molecule has 0 bridgehead atoms. The van der Waals surface area contributed by atoms with Gasteiger partial charge in [0.15, 0.2) is 0 Å². The number of allylic oxidation sites excluding steroid dienone is 1. The van der Waals surface area contributed by atoms with Crippen molar-refractivity contribution in [1.29, 1.82) is 5.26 Å². The number of rotatable bonds is 8. The Balaban J connectivity index is 1.91. The van der Waals surface area contributed by atoms with Crippen molar-refractivity contribution in [2.24, 2.45) is 5.92 Å². The van der Waals surface area contributed by atoms with E-state index in [2.05, 4.69) is 32.6 Å². The number of hydrogen-bond donors (Lipinski definition) is 2. The number of carbonyl (C=O) groups is 3. The van der Waals surface area contributed by atoms with Gasteiger partial charge >= 0.3 is 5.97 Å². The maximum Gasteiger partial charge on any atom is 0.319 e. The number of ether oxygens (including phenoxy) is 2.